The molecule has 0 bridgehead atoms. The number of carbonyl (C=O) groups is 1. The first-order chi connectivity index (χ1) is 15.8. The Morgan fingerprint density at radius 2 is 1.79 bits per heavy atom. The van der Waals surface area contributed by atoms with Gasteiger partial charge >= 0.3 is 0 Å². The molecule has 1 saturated carbocycles. The van der Waals surface area contributed by atoms with E-state index in [4.69, 9.17) is 0 Å². The maximum absolute atomic E-state index is 13.3. The first kappa shape index (κ1) is 23.2. The van der Waals surface area contributed by atoms with E-state index in [-0.39, 0.29) is 22.5 Å². The molecule has 2 aromatic carbocycles. The molecule has 1 fully saturated rings. The van der Waals surface area contributed by atoms with Crippen LogP contribution in [0.2, 0.25) is 0 Å². The van der Waals surface area contributed by atoms with E-state index in [1.165, 1.54) is 12.5 Å². The van der Waals surface area contributed by atoms with Crippen molar-refractivity contribution in [3.63, 3.8) is 0 Å². The number of aromatic nitrogens is 1. The number of nitrogens with zero attached hydrogens (tertiary/aromatic N) is 1. The van der Waals surface area contributed by atoms with Crippen LogP contribution in [0, 0.1) is 17.8 Å². The second-order valence-electron chi connectivity index (χ2n) is 9.39. The highest BCUT2D eigenvalue weighted by Gasteiger charge is 2.32. The molecule has 174 valence electrons. The maximum Gasteiger partial charge on any atom is 0.264 e. The van der Waals surface area contributed by atoms with Gasteiger partial charge in [-0.05, 0) is 54.9 Å². The van der Waals surface area contributed by atoms with Crippen LogP contribution in [0.3, 0.4) is 0 Å². The summed E-state index contributed by atoms with van der Waals surface area (Å²) in [5, 5.41) is 3.94. The summed E-state index contributed by atoms with van der Waals surface area (Å²) >= 11 is 0. The third-order valence-electron chi connectivity index (χ3n) is 6.64. The van der Waals surface area contributed by atoms with E-state index in [1.807, 2.05) is 12.1 Å². The predicted molar refractivity (Wildman–Crippen MR) is 132 cm³/mol. The number of rotatable bonds is 6. The van der Waals surface area contributed by atoms with Gasteiger partial charge in [-0.15, -0.1) is 0 Å². The minimum Gasteiger partial charge on any atom is -0.349 e. The number of para-hydroxylation sites is 2. The molecule has 4 rings (SSSR count). The predicted octanol–water partition coefficient (Wildman–Crippen LogP) is 5.23. The zero-order valence-corrected chi connectivity index (χ0v) is 20.1. The van der Waals surface area contributed by atoms with Gasteiger partial charge in [-0.3, -0.25) is 14.5 Å². The van der Waals surface area contributed by atoms with Crippen molar-refractivity contribution in [2.45, 2.75) is 51.0 Å². The second kappa shape index (κ2) is 9.51. The molecule has 0 radical (unpaired) electrons. The number of pyridine rings is 1. The van der Waals surface area contributed by atoms with Crippen molar-refractivity contribution in [2.24, 2.45) is 17.8 Å². The van der Waals surface area contributed by atoms with E-state index in [0.717, 1.165) is 18.2 Å². The Balaban J connectivity index is 1.61. The van der Waals surface area contributed by atoms with Gasteiger partial charge in [0.25, 0.3) is 15.9 Å². The molecule has 3 atom stereocenters. The summed E-state index contributed by atoms with van der Waals surface area (Å²) in [7, 11) is -3.95. The Morgan fingerprint density at radius 1 is 1.03 bits per heavy atom. The van der Waals surface area contributed by atoms with Gasteiger partial charge in [0.2, 0.25) is 0 Å². The Morgan fingerprint density at radius 3 is 2.58 bits per heavy atom. The summed E-state index contributed by atoms with van der Waals surface area (Å²) in [6, 6.07) is 15.4. The lowest BCUT2D eigenvalue weighted by Crippen LogP contribution is -2.45. The zero-order valence-electron chi connectivity index (χ0n) is 19.3. The largest absolute Gasteiger partial charge is 0.349 e. The third-order valence-corrected chi connectivity index (χ3v) is 8.04. The number of fused-ring (bicyclic) bond motifs is 1. The summed E-state index contributed by atoms with van der Waals surface area (Å²) < 4.78 is 29.2. The fourth-order valence-corrected chi connectivity index (χ4v) is 6.14. The van der Waals surface area contributed by atoms with Gasteiger partial charge in [-0.1, -0.05) is 57.5 Å². The van der Waals surface area contributed by atoms with Crippen molar-refractivity contribution in [3.05, 3.63) is 66.4 Å². The SMILES string of the molecule is CC(C)[C@@H]1CC[C@@H](C)C[C@H]1NC(=O)c1ccccc1NS(=O)(=O)c1cccc2cccnc12. The van der Waals surface area contributed by atoms with E-state index < -0.39 is 10.0 Å². The second-order valence-corrected chi connectivity index (χ2v) is 11.0. The van der Waals surface area contributed by atoms with Gasteiger partial charge in [-0.25, -0.2) is 8.42 Å². The van der Waals surface area contributed by atoms with Crippen molar-refractivity contribution >= 4 is 32.5 Å². The maximum atomic E-state index is 13.3. The van der Waals surface area contributed by atoms with Gasteiger partial charge in [-0.2, -0.15) is 0 Å². The van der Waals surface area contributed by atoms with E-state index in [2.05, 4.69) is 35.8 Å². The normalized spacial score (nSPS) is 21.2. The van der Waals surface area contributed by atoms with Crippen LogP contribution >= 0.6 is 0 Å². The number of carbonyl (C=O) groups excluding carboxylic acids is 1. The van der Waals surface area contributed by atoms with Crippen LogP contribution in [0.1, 0.15) is 50.4 Å². The van der Waals surface area contributed by atoms with Crippen LogP contribution in [0.4, 0.5) is 5.69 Å². The average Bonchev–Trinajstić information content (AvgIpc) is 2.78. The van der Waals surface area contributed by atoms with Gasteiger partial charge < -0.3 is 5.32 Å². The Kier molecular flexibility index (Phi) is 6.70. The fourth-order valence-electron chi connectivity index (χ4n) is 4.88. The molecule has 6 nitrogen and oxygen atoms in total. The Bertz CT molecular complexity index is 1250. The number of benzene rings is 2. The van der Waals surface area contributed by atoms with Crippen LogP contribution in [0.15, 0.2) is 65.7 Å². The highest BCUT2D eigenvalue weighted by atomic mass is 32.2. The van der Waals surface area contributed by atoms with Gasteiger partial charge in [0.15, 0.2) is 0 Å². The molecule has 0 aliphatic heterocycles. The number of nitrogens with one attached hydrogen (secondary N) is 2. The number of anilines is 1. The van der Waals surface area contributed by atoms with Crippen molar-refractivity contribution in [1.29, 1.82) is 0 Å². The lowest BCUT2D eigenvalue weighted by Gasteiger charge is -2.37. The van der Waals surface area contributed by atoms with Crippen LogP contribution in [0.5, 0.6) is 0 Å². The summed E-state index contributed by atoms with van der Waals surface area (Å²) in [4.78, 5) is 17.6. The quantitative estimate of drug-likeness (QED) is 0.522. The average molecular weight is 466 g/mol. The molecule has 7 heteroatoms. The van der Waals surface area contributed by atoms with Crippen LogP contribution in [0.25, 0.3) is 10.9 Å². The monoisotopic (exact) mass is 465 g/mol. The zero-order chi connectivity index (χ0) is 23.6. The Hall–Kier alpha value is -2.93. The van der Waals surface area contributed by atoms with Crippen LogP contribution in [-0.4, -0.2) is 25.4 Å². The summed E-state index contributed by atoms with van der Waals surface area (Å²) in [6.07, 6.45) is 4.76. The summed E-state index contributed by atoms with van der Waals surface area (Å²) in [5.41, 5.74) is 0.966. The van der Waals surface area contributed by atoms with Crippen LogP contribution < -0.4 is 10.0 Å². The van der Waals surface area contributed by atoms with Crippen molar-refractivity contribution in [1.82, 2.24) is 10.3 Å². The first-order valence-corrected chi connectivity index (χ1v) is 13.0. The Labute approximate surface area is 195 Å². The number of amides is 1. The number of hydrogen-bond donors (Lipinski definition) is 2. The van der Waals surface area contributed by atoms with Crippen molar-refractivity contribution < 1.29 is 13.2 Å². The van der Waals surface area contributed by atoms with Gasteiger partial charge in [0, 0.05) is 17.6 Å². The molecule has 0 saturated heterocycles. The molecule has 1 heterocycles. The van der Waals surface area contributed by atoms with Gasteiger partial charge in [0.05, 0.1) is 16.8 Å². The van der Waals surface area contributed by atoms with E-state index in [1.54, 1.807) is 42.6 Å². The summed E-state index contributed by atoms with van der Waals surface area (Å²) in [5.74, 6) is 1.18. The third kappa shape index (κ3) is 5.03. The summed E-state index contributed by atoms with van der Waals surface area (Å²) in [6.45, 7) is 6.61. The highest BCUT2D eigenvalue weighted by molar-refractivity contribution is 7.93. The minimum atomic E-state index is -3.95. The lowest BCUT2D eigenvalue weighted by molar-refractivity contribution is 0.0869. The van der Waals surface area contributed by atoms with Crippen LogP contribution in [-0.2, 0) is 10.0 Å². The molecule has 1 aliphatic rings. The van der Waals surface area contributed by atoms with Crippen molar-refractivity contribution in [2.75, 3.05) is 4.72 Å². The standard InChI is InChI=1S/C26H31N3O3S/c1-17(2)20-14-13-18(3)16-23(20)28-26(30)21-10-4-5-11-22(21)29-33(31,32)24-12-6-8-19-9-7-15-27-25(19)24/h4-12,15,17-18,20,23,29H,13-14,16H2,1-3H3,(H,28,30)/t18-,20+,23-/m1/s1. The highest BCUT2D eigenvalue weighted by Crippen LogP contribution is 2.34. The molecule has 3 aromatic rings. The molecule has 1 amide bonds. The number of sulfonamides is 1. The fraction of sp³-hybridized carbons (Fsp3) is 0.385. The molecule has 0 spiro atoms. The molecular weight excluding hydrogens is 434 g/mol. The first-order valence-electron chi connectivity index (χ1n) is 11.5. The molecule has 33 heavy (non-hydrogen) atoms. The minimum absolute atomic E-state index is 0.0770. The van der Waals surface area contributed by atoms with E-state index in [0.29, 0.717) is 28.8 Å². The molecule has 1 aromatic heterocycles. The van der Waals surface area contributed by atoms with E-state index in [9.17, 15) is 13.2 Å². The molecule has 2 N–H and O–H groups in total. The molecule has 0 unspecified atom stereocenters. The lowest BCUT2D eigenvalue weighted by atomic mass is 9.74. The molecule has 1 aliphatic carbocycles. The molecular formula is C26H31N3O3S. The topological polar surface area (TPSA) is 88.2 Å². The van der Waals surface area contributed by atoms with E-state index >= 15 is 0 Å². The smallest absolute Gasteiger partial charge is 0.264 e. The van der Waals surface area contributed by atoms with Gasteiger partial charge in [0.1, 0.15) is 4.90 Å². The van der Waals surface area contributed by atoms with Crippen molar-refractivity contribution in [3.8, 4) is 0 Å². The number of hydrogen-bond acceptors (Lipinski definition) is 4.